The zero-order valence-electron chi connectivity index (χ0n) is 9.77. The minimum absolute atomic E-state index is 0. The summed E-state index contributed by atoms with van der Waals surface area (Å²) in [4.78, 5) is 2.56. The van der Waals surface area contributed by atoms with Crippen molar-refractivity contribution in [2.75, 3.05) is 32.8 Å². The number of ether oxygens (including phenoxy) is 1. The second-order valence-electron chi connectivity index (χ2n) is 4.63. The Bertz CT molecular complexity index is 177. The summed E-state index contributed by atoms with van der Waals surface area (Å²) >= 11 is 0. The van der Waals surface area contributed by atoms with Crippen molar-refractivity contribution in [2.45, 2.75) is 31.8 Å². The minimum atomic E-state index is 0. The van der Waals surface area contributed by atoms with Crippen molar-refractivity contribution in [2.24, 2.45) is 11.7 Å². The average Bonchev–Trinajstić information content (AvgIpc) is 2.13. The van der Waals surface area contributed by atoms with E-state index in [4.69, 9.17) is 10.5 Å². The molecule has 98 valence electrons. The molecule has 1 aliphatic carbocycles. The van der Waals surface area contributed by atoms with Gasteiger partial charge >= 0.3 is 0 Å². The van der Waals surface area contributed by atoms with Crippen molar-refractivity contribution in [3.05, 3.63) is 0 Å². The van der Waals surface area contributed by atoms with Crippen LogP contribution in [-0.2, 0) is 4.74 Å². The summed E-state index contributed by atoms with van der Waals surface area (Å²) in [6.07, 6.45) is 5.74. The molecule has 1 unspecified atom stereocenters. The highest BCUT2D eigenvalue weighted by Crippen LogP contribution is 2.27. The predicted molar refractivity (Wildman–Crippen MR) is 71.7 cm³/mol. The minimum Gasteiger partial charge on any atom is -0.376 e. The molecular weight excluding hydrogens is 247 g/mol. The van der Waals surface area contributed by atoms with E-state index in [-0.39, 0.29) is 24.8 Å². The van der Waals surface area contributed by atoms with Crippen molar-refractivity contribution in [1.29, 1.82) is 0 Å². The van der Waals surface area contributed by atoms with Crippen LogP contribution in [0.5, 0.6) is 0 Å². The van der Waals surface area contributed by atoms with E-state index in [1.54, 1.807) is 0 Å². The molecule has 5 heteroatoms. The molecule has 16 heavy (non-hydrogen) atoms. The first-order valence-electron chi connectivity index (χ1n) is 5.92. The van der Waals surface area contributed by atoms with Crippen LogP contribution in [0.2, 0.25) is 0 Å². The Morgan fingerprint density at radius 1 is 1.25 bits per heavy atom. The predicted octanol–water partition coefficient (Wildman–Crippen LogP) is 1.68. The maximum atomic E-state index is 5.66. The fraction of sp³-hybridized carbons (Fsp3) is 1.00. The Morgan fingerprint density at radius 3 is 2.56 bits per heavy atom. The van der Waals surface area contributed by atoms with Crippen LogP contribution in [0.3, 0.4) is 0 Å². The molecular formula is C11H24Cl2N2O. The van der Waals surface area contributed by atoms with Gasteiger partial charge < -0.3 is 10.5 Å². The summed E-state index contributed by atoms with van der Waals surface area (Å²) in [7, 11) is 0. The van der Waals surface area contributed by atoms with Crippen LogP contribution in [0.4, 0.5) is 0 Å². The van der Waals surface area contributed by atoms with Gasteiger partial charge in [-0.3, -0.25) is 4.90 Å². The van der Waals surface area contributed by atoms with Crippen LogP contribution in [0.15, 0.2) is 0 Å². The normalized spacial score (nSPS) is 26.4. The van der Waals surface area contributed by atoms with E-state index in [9.17, 15) is 0 Å². The molecule has 0 aromatic rings. The number of morpholine rings is 1. The molecule has 1 heterocycles. The second-order valence-corrected chi connectivity index (χ2v) is 4.63. The second kappa shape index (κ2) is 8.54. The Hall–Kier alpha value is 0.460. The van der Waals surface area contributed by atoms with E-state index in [1.165, 1.54) is 25.8 Å². The number of nitrogens with zero attached hydrogens (tertiary/aromatic N) is 1. The number of halogens is 2. The van der Waals surface area contributed by atoms with E-state index in [0.717, 1.165) is 38.6 Å². The highest BCUT2D eigenvalue weighted by molar-refractivity contribution is 5.85. The molecule has 2 rings (SSSR count). The first-order valence-corrected chi connectivity index (χ1v) is 5.92. The van der Waals surface area contributed by atoms with Crippen LogP contribution in [-0.4, -0.2) is 43.8 Å². The smallest absolute Gasteiger partial charge is 0.0714 e. The lowest BCUT2D eigenvalue weighted by Gasteiger charge is -2.37. The Morgan fingerprint density at radius 2 is 2.00 bits per heavy atom. The standard InChI is InChI=1S/C11H22N2O.2ClH/c12-5-4-11-9-13(6-7-14-11)8-10-2-1-3-10;;/h10-11H,1-9,12H2;2*1H. The van der Waals surface area contributed by atoms with Gasteiger partial charge in [-0.1, -0.05) is 6.42 Å². The Kier molecular flexibility index (Phi) is 8.78. The Labute approximate surface area is 111 Å². The van der Waals surface area contributed by atoms with E-state index < -0.39 is 0 Å². The van der Waals surface area contributed by atoms with Gasteiger partial charge in [-0.15, -0.1) is 24.8 Å². The molecule has 0 radical (unpaired) electrons. The van der Waals surface area contributed by atoms with Gasteiger partial charge in [0.05, 0.1) is 12.7 Å². The molecule has 2 N–H and O–H groups in total. The van der Waals surface area contributed by atoms with Crippen LogP contribution < -0.4 is 5.73 Å². The molecule has 0 amide bonds. The summed E-state index contributed by atoms with van der Waals surface area (Å²) < 4.78 is 5.66. The summed E-state index contributed by atoms with van der Waals surface area (Å²) in [6, 6.07) is 0. The molecule has 1 aliphatic heterocycles. The highest BCUT2D eigenvalue weighted by Gasteiger charge is 2.25. The first kappa shape index (κ1) is 16.5. The van der Waals surface area contributed by atoms with E-state index in [1.807, 2.05) is 0 Å². The number of hydrogen-bond acceptors (Lipinski definition) is 3. The van der Waals surface area contributed by atoms with Crippen LogP contribution in [0.25, 0.3) is 0 Å². The molecule has 0 bridgehead atoms. The van der Waals surface area contributed by atoms with E-state index >= 15 is 0 Å². The lowest BCUT2D eigenvalue weighted by Crippen LogP contribution is -2.45. The Balaban J connectivity index is 0.00000112. The van der Waals surface area contributed by atoms with Crippen molar-refractivity contribution in [3.63, 3.8) is 0 Å². The van der Waals surface area contributed by atoms with Gasteiger partial charge in [0.1, 0.15) is 0 Å². The lowest BCUT2D eigenvalue weighted by atomic mass is 9.85. The summed E-state index contributed by atoms with van der Waals surface area (Å²) in [5.41, 5.74) is 5.54. The molecule has 3 nitrogen and oxygen atoms in total. The van der Waals surface area contributed by atoms with Crippen LogP contribution in [0, 0.1) is 5.92 Å². The number of nitrogens with two attached hydrogens (primary N) is 1. The molecule has 0 aromatic carbocycles. The maximum Gasteiger partial charge on any atom is 0.0714 e. The first-order chi connectivity index (χ1) is 6.88. The van der Waals surface area contributed by atoms with E-state index in [2.05, 4.69) is 4.90 Å². The molecule has 2 aliphatic rings. The van der Waals surface area contributed by atoms with Gasteiger partial charge in [0, 0.05) is 19.6 Å². The average molecular weight is 271 g/mol. The van der Waals surface area contributed by atoms with Gasteiger partial charge in [-0.2, -0.15) is 0 Å². The number of hydrogen-bond donors (Lipinski definition) is 1. The molecule has 2 fully saturated rings. The van der Waals surface area contributed by atoms with Crippen molar-refractivity contribution in [3.8, 4) is 0 Å². The molecule has 0 aromatic heterocycles. The zero-order valence-corrected chi connectivity index (χ0v) is 11.4. The highest BCUT2D eigenvalue weighted by atomic mass is 35.5. The molecule has 1 saturated carbocycles. The fourth-order valence-corrected chi connectivity index (χ4v) is 2.35. The summed E-state index contributed by atoms with van der Waals surface area (Å²) in [6.45, 7) is 5.18. The van der Waals surface area contributed by atoms with Gasteiger partial charge in [-0.25, -0.2) is 0 Å². The molecule has 1 saturated heterocycles. The van der Waals surface area contributed by atoms with E-state index in [0.29, 0.717) is 6.10 Å². The third-order valence-corrected chi connectivity index (χ3v) is 3.45. The summed E-state index contributed by atoms with van der Waals surface area (Å²) in [5, 5.41) is 0. The maximum absolute atomic E-state index is 5.66. The van der Waals surface area contributed by atoms with Crippen molar-refractivity contribution >= 4 is 24.8 Å². The molecule has 1 atom stereocenters. The molecule has 0 spiro atoms. The van der Waals surface area contributed by atoms with Gasteiger partial charge in [0.25, 0.3) is 0 Å². The van der Waals surface area contributed by atoms with Gasteiger partial charge in [0.2, 0.25) is 0 Å². The topological polar surface area (TPSA) is 38.5 Å². The van der Waals surface area contributed by atoms with Crippen molar-refractivity contribution < 1.29 is 4.74 Å². The quantitative estimate of drug-likeness (QED) is 0.845. The summed E-state index contributed by atoms with van der Waals surface area (Å²) in [5.74, 6) is 0.978. The third-order valence-electron chi connectivity index (χ3n) is 3.45. The third kappa shape index (κ3) is 4.76. The fourth-order valence-electron chi connectivity index (χ4n) is 2.35. The largest absolute Gasteiger partial charge is 0.376 e. The SMILES string of the molecule is Cl.Cl.NCCC1CN(CC2CCC2)CCO1. The lowest BCUT2D eigenvalue weighted by molar-refractivity contribution is -0.0385. The monoisotopic (exact) mass is 270 g/mol. The zero-order chi connectivity index (χ0) is 9.80. The van der Waals surface area contributed by atoms with Gasteiger partial charge in [0.15, 0.2) is 0 Å². The van der Waals surface area contributed by atoms with Crippen LogP contribution >= 0.6 is 24.8 Å². The van der Waals surface area contributed by atoms with Gasteiger partial charge in [-0.05, 0) is 31.7 Å². The van der Waals surface area contributed by atoms with Crippen molar-refractivity contribution in [1.82, 2.24) is 4.90 Å². The number of rotatable bonds is 4. The van der Waals surface area contributed by atoms with Crippen LogP contribution in [0.1, 0.15) is 25.7 Å².